The zero-order valence-corrected chi connectivity index (χ0v) is 8.64. The van der Waals surface area contributed by atoms with Gasteiger partial charge < -0.3 is 0 Å². The quantitative estimate of drug-likeness (QED) is 0.499. The number of hydrogen-bond acceptors (Lipinski definition) is 2. The van der Waals surface area contributed by atoms with Crippen molar-refractivity contribution in [2.45, 2.75) is 13.8 Å². The van der Waals surface area contributed by atoms with E-state index in [0.29, 0.717) is 4.77 Å². The van der Waals surface area contributed by atoms with Gasteiger partial charge in [-0.1, -0.05) is 0 Å². The van der Waals surface area contributed by atoms with Crippen molar-refractivity contribution in [2.24, 2.45) is 7.05 Å². The predicted molar refractivity (Wildman–Crippen MR) is 51.0 cm³/mol. The van der Waals surface area contributed by atoms with Crippen molar-refractivity contribution in [3.05, 3.63) is 22.4 Å². The molecule has 0 unspecified atom stereocenters. The van der Waals surface area contributed by atoms with Gasteiger partial charge in [0.25, 0.3) is 5.65 Å². The van der Waals surface area contributed by atoms with Gasteiger partial charge in [-0.15, -0.1) is 9.78 Å². The normalized spacial score (nSPS) is 11.0. The van der Waals surface area contributed by atoms with Crippen LogP contribution in [-0.2, 0) is 7.05 Å². The summed E-state index contributed by atoms with van der Waals surface area (Å²) in [6.07, 6.45) is 1.93. The van der Waals surface area contributed by atoms with Gasteiger partial charge in [-0.2, -0.15) is 4.40 Å². The molecule has 0 saturated carbocycles. The smallest absolute Gasteiger partial charge is 0.248 e. The maximum atomic E-state index is 5.15. The molecule has 1 N–H and O–H groups in total. The van der Waals surface area contributed by atoms with E-state index in [0.717, 1.165) is 17.0 Å². The molecule has 68 valence electrons. The third kappa shape index (κ3) is 1.16. The summed E-state index contributed by atoms with van der Waals surface area (Å²) in [6.45, 7) is 3.94. The van der Waals surface area contributed by atoms with Crippen molar-refractivity contribution in [3.63, 3.8) is 0 Å². The number of H-pyrrole nitrogens is 1. The molecule has 0 aliphatic carbocycles. The topological polar surface area (TPSA) is 37.7 Å². The van der Waals surface area contributed by atoms with E-state index >= 15 is 0 Å². The molecule has 0 bridgehead atoms. The monoisotopic (exact) mass is 195 g/mol. The number of hydrogen-bond donors (Lipinski definition) is 1. The molecule has 0 fully saturated rings. The summed E-state index contributed by atoms with van der Waals surface area (Å²) >= 11 is 5.15. The number of rotatable bonds is 0. The summed E-state index contributed by atoms with van der Waals surface area (Å²) in [6, 6.07) is 0. The molecular weight excluding hydrogens is 184 g/mol. The first-order valence-corrected chi connectivity index (χ1v) is 4.45. The molecule has 0 atom stereocenters. The SMILES string of the molecule is Cc1c[n+]2c(=S)[nH]n(C)c2c(C)n1. The Balaban J connectivity index is 3.06. The summed E-state index contributed by atoms with van der Waals surface area (Å²) in [5.74, 6) is 0. The van der Waals surface area contributed by atoms with E-state index in [9.17, 15) is 0 Å². The molecule has 2 heterocycles. The summed E-state index contributed by atoms with van der Waals surface area (Å²) in [5.41, 5.74) is 2.96. The van der Waals surface area contributed by atoms with E-state index in [1.54, 1.807) is 0 Å². The van der Waals surface area contributed by atoms with Crippen LogP contribution in [0.4, 0.5) is 0 Å². The molecule has 4 nitrogen and oxygen atoms in total. The van der Waals surface area contributed by atoms with E-state index in [1.165, 1.54) is 0 Å². The lowest BCUT2D eigenvalue weighted by atomic mass is 10.4. The second-order valence-corrected chi connectivity index (χ2v) is 3.52. The highest BCUT2D eigenvalue weighted by Crippen LogP contribution is 2.01. The molecule has 0 radical (unpaired) electrons. The molecule has 0 spiro atoms. The Morgan fingerprint density at radius 2 is 2.23 bits per heavy atom. The van der Waals surface area contributed by atoms with Crippen LogP contribution in [0, 0.1) is 18.6 Å². The van der Waals surface area contributed by atoms with E-state index < -0.39 is 0 Å². The maximum Gasteiger partial charge on any atom is 0.328 e. The molecule has 5 heteroatoms. The van der Waals surface area contributed by atoms with Crippen molar-refractivity contribution >= 4 is 17.9 Å². The lowest BCUT2D eigenvalue weighted by Gasteiger charge is -1.94. The molecule has 2 aromatic rings. The number of aromatic amines is 1. The summed E-state index contributed by atoms with van der Waals surface area (Å²) < 4.78 is 4.52. The molecule has 13 heavy (non-hydrogen) atoms. The Hall–Kier alpha value is -1.23. The summed E-state index contributed by atoms with van der Waals surface area (Å²) in [5, 5.41) is 3.04. The average molecular weight is 195 g/mol. The van der Waals surface area contributed by atoms with E-state index in [4.69, 9.17) is 12.2 Å². The van der Waals surface area contributed by atoms with Gasteiger partial charge in [0.05, 0.1) is 18.9 Å². The highest BCUT2D eigenvalue weighted by atomic mass is 32.1. The van der Waals surface area contributed by atoms with Crippen LogP contribution in [-0.4, -0.2) is 14.8 Å². The molecule has 2 aromatic heterocycles. The van der Waals surface area contributed by atoms with Crippen LogP contribution < -0.4 is 4.40 Å². The van der Waals surface area contributed by atoms with E-state index in [1.807, 2.05) is 36.2 Å². The fraction of sp³-hybridized carbons (Fsp3) is 0.375. The minimum atomic E-state index is 0.700. The van der Waals surface area contributed by atoms with Crippen LogP contribution in [0.25, 0.3) is 5.65 Å². The van der Waals surface area contributed by atoms with Gasteiger partial charge in [0.15, 0.2) is 0 Å². The van der Waals surface area contributed by atoms with Gasteiger partial charge in [0.2, 0.25) is 0 Å². The van der Waals surface area contributed by atoms with Crippen LogP contribution in [0.1, 0.15) is 11.4 Å². The Morgan fingerprint density at radius 3 is 2.92 bits per heavy atom. The molecule has 0 aliphatic rings. The van der Waals surface area contributed by atoms with Gasteiger partial charge in [-0.3, -0.25) is 0 Å². The fourth-order valence-electron chi connectivity index (χ4n) is 1.58. The zero-order chi connectivity index (χ0) is 9.59. The number of nitrogens with one attached hydrogen (secondary N) is 1. The number of nitrogens with zero attached hydrogens (tertiary/aromatic N) is 3. The van der Waals surface area contributed by atoms with Crippen molar-refractivity contribution < 1.29 is 4.40 Å². The second-order valence-electron chi connectivity index (χ2n) is 3.14. The first-order valence-electron chi connectivity index (χ1n) is 4.04. The van der Waals surface area contributed by atoms with E-state index in [-0.39, 0.29) is 0 Å². The number of aromatic nitrogens is 4. The van der Waals surface area contributed by atoms with Crippen molar-refractivity contribution in [2.75, 3.05) is 0 Å². The molecule has 0 aromatic carbocycles. The largest absolute Gasteiger partial charge is 0.328 e. The second kappa shape index (κ2) is 2.63. The van der Waals surface area contributed by atoms with Gasteiger partial charge in [-0.05, 0) is 26.1 Å². The van der Waals surface area contributed by atoms with Gasteiger partial charge in [0, 0.05) is 0 Å². The van der Waals surface area contributed by atoms with Gasteiger partial charge in [0.1, 0.15) is 5.69 Å². The first-order chi connectivity index (χ1) is 6.09. The summed E-state index contributed by atoms with van der Waals surface area (Å²) in [4.78, 5) is 4.37. The van der Waals surface area contributed by atoms with Crippen molar-refractivity contribution in [1.82, 2.24) is 14.8 Å². The highest BCUT2D eigenvalue weighted by molar-refractivity contribution is 7.71. The third-order valence-corrected chi connectivity index (χ3v) is 2.30. The number of fused-ring (bicyclic) bond motifs is 1. The van der Waals surface area contributed by atoms with Crippen LogP contribution in [0.3, 0.4) is 0 Å². The minimum absolute atomic E-state index is 0.700. The number of aryl methyl sites for hydroxylation is 3. The average Bonchev–Trinajstić information content (AvgIpc) is 2.27. The predicted octanol–water partition coefficient (Wildman–Crippen LogP) is 0.833. The maximum absolute atomic E-state index is 5.15. The highest BCUT2D eigenvalue weighted by Gasteiger charge is 2.12. The van der Waals surface area contributed by atoms with Crippen LogP contribution >= 0.6 is 12.2 Å². The third-order valence-electron chi connectivity index (χ3n) is 2.01. The Kier molecular flexibility index (Phi) is 1.69. The molecule has 0 amide bonds. The van der Waals surface area contributed by atoms with Gasteiger partial charge in [-0.25, -0.2) is 4.98 Å². The Labute approximate surface area is 80.8 Å². The van der Waals surface area contributed by atoms with Crippen LogP contribution in [0.2, 0.25) is 0 Å². The van der Waals surface area contributed by atoms with Crippen molar-refractivity contribution in [1.29, 1.82) is 0 Å². The van der Waals surface area contributed by atoms with E-state index in [2.05, 4.69) is 10.1 Å². The standard InChI is InChI=1S/C8H10N4S/c1-5-4-12-7(6(2)9-5)11(3)10-8(12)13/h4H,1-3H3/p+1. The molecule has 0 saturated heterocycles. The molecule has 0 aliphatic heterocycles. The lowest BCUT2D eigenvalue weighted by molar-refractivity contribution is -0.521. The van der Waals surface area contributed by atoms with Crippen molar-refractivity contribution in [3.8, 4) is 0 Å². The van der Waals surface area contributed by atoms with Gasteiger partial charge >= 0.3 is 4.77 Å². The summed E-state index contributed by atoms with van der Waals surface area (Å²) in [7, 11) is 1.93. The Morgan fingerprint density at radius 1 is 1.54 bits per heavy atom. The van der Waals surface area contributed by atoms with Crippen LogP contribution in [0.15, 0.2) is 6.20 Å². The molecule has 2 rings (SSSR count). The molecular formula is C8H11N4S+. The Bertz CT molecular complexity index is 523. The zero-order valence-electron chi connectivity index (χ0n) is 7.83. The minimum Gasteiger partial charge on any atom is -0.248 e. The fourth-order valence-corrected chi connectivity index (χ4v) is 1.85. The van der Waals surface area contributed by atoms with Crippen LogP contribution in [0.5, 0.6) is 0 Å². The lowest BCUT2D eigenvalue weighted by Crippen LogP contribution is -2.23. The first kappa shape index (κ1) is 8.37.